The van der Waals surface area contributed by atoms with Gasteiger partial charge in [0.1, 0.15) is 0 Å². The largest absolute Gasteiger partial charge is 1.00 e. The predicted molar refractivity (Wildman–Crippen MR) is 20.7 cm³/mol. The molecule has 0 saturated heterocycles. The van der Waals surface area contributed by atoms with E-state index in [1.165, 1.54) is 0 Å². The number of rotatable bonds is 2. The molecule has 0 atom stereocenters. The van der Waals surface area contributed by atoms with Crippen molar-refractivity contribution in [2.45, 2.75) is 0 Å². The summed E-state index contributed by atoms with van der Waals surface area (Å²) in [6.45, 7) is 0. The Labute approximate surface area is 117 Å². The second kappa shape index (κ2) is 6.88. The molecule has 0 aliphatic heterocycles. The van der Waals surface area contributed by atoms with Crippen LogP contribution in [-0.2, 0) is 13.4 Å². The normalized spacial score (nSPS) is 11.3. The van der Waals surface area contributed by atoms with E-state index < -0.39 is 15.6 Å². The van der Waals surface area contributed by atoms with Crippen LogP contribution in [0.4, 0.5) is 0 Å². The van der Waals surface area contributed by atoms with Crippen molar-refractivity contribution in [2.75, 3.05) is 0 Å². The van der Waals surface area contributed by atoms with Gasteiger partial charge in [0.25, 0.3) is 0 Å². The summed E-state index contributed by atoms with van der Waals surface area (Å²) in [4.78, 5) is 34.1. The zero-order valence-corrected chi connectivity index (χ0v) is 10.7. The summed E-state index contributed by atoms with van der Waals surface area (Å²) in [6.07, 6.45) is 0. The molecule has 0 amide bonds. The van der Waals surface area contributed by atoms with E-state index in [2.05, 4.69) is 4.31 Å². The Morgan fingerprint density at radius 2 is 1.45 bits per heavy atom. The third-order valence-electron chi connectivity index (χ3n) is 0.206. The standard InChI is InChI=1S/K.Li.H4O7P2/c;;1-8(2,3)7-9(4,5)6/h;;(H2,1,2,3)(H2,4,5,6)/q2*+1;/p-2. The van der Waals surface area contributed by atoms with Crippen LogP contribution >= 0.6 is 15.6 Å². The molecule has 56 valence electrons. The van der Waals surface area contributed by atoms with Crippen LogP contribution in [0.15, 0.2) is 0 Å². The van der Waals surface area contributed by atoms with Crippen molar-refractivity contribution in [1.82, 2.24) is 0 Å². The summed E-state index contributed by atoms with van der Waals surface area (Å²) in [5.41, 5.74) is 0. The van der Waals surface area contributed by atoms with Gasteiger partial charge < -0.3 is 24.1 Å². The molecule has 0 aliphatic rings. The van der Waals surface area contributed by atoms with Gasteiger partial charge in [0, 0.05) is 0 Å². The maximum atomic E-state index is 9.55. The fraction of sp³-hybridized carbons (Fsp3) is 0. The van der Waals surface area contributed by atoms with Crippen LogP contribution < -0.4 is 80.0 Å². The summed E-state index contributed by atoms with van der Waals surface area (Å²) in [6, 6.07) is 0. The van der Waals surface area contributed by atoms with E-state index in [-0.39, 0.29) is 70.2 Å². The van der Waals surface area contributed by atoms with Crippen LogP contribution in [0.1, 0.15) is 0 Å². The van der Waals surface area contributed by atoms with Gasteiger partial charge in [-0.3, -0.25) is 4.31 Å². The molecule has 0 fully saturated rings. The van der Waals surface area contributed by atoms with Gasteiger partial charge in [0.2, 0.25) is 0 Å². The van der Waals surface area contributed by atoms with Crippen LogP contribution in [0, 0.1) is 0 Å². The number of hydrogen-bond acceptors (Lipinski definition) is 5. The molecule has 0 saturated carbocycles. The van der Waals surface area contributed by atoms with Crippen molar-refractivity contribution in [3.8, 4) is 0 Å². The Hall–Kier alpha value is 2.49. The average molecular weight is 222 g/mol. The Morgan fingerprint density at radius 1 is 1.18 bits per heavy atom. The molecule has 11 heavy (non-hydrogen) atoms. The summed E-state index contributed by atoms with van der Waals surface area (Å²) >= 11 is 0. The van der Waals surface area contributed by atoms with Gasteiger partial charge in [-0.05, 0) is 0 Å². The van der Waals surface area contributed by atoms with Gasteiger partial charge in [-0.25, -0.2) is 4.57 Å². The molecule has 0 radical (unpaired) electrons. The minimum atomic E-state index is -5.55. The Balaban J connectivity index is -0.000000320. The first kappa shape index (κ1) is 19.1. The van der Waals surface area contributed by atoms with Gasteiger partial charge in [-0.1, -0.05) is 0 Å². The molecule has 0 aliphatic carbocycles. The van der Waals surface area contributed by atoms with Crippen molar-refractivity contribution >= 4 is 15.6 Å². The van der Waals surface area contributed by atoms with Gasteiger partial charge >= 0.3 is 78.1 Å². The molecular weight excluding hydrogens is 220 g/mol. The first-order valence-electron chi connectivity index (χ1n) is 1.50. The van der Waals surface area contributed by atoms with E-state index in [9.17, 15) is 18.9 Å². The van der Waals surface area contributed by atoms with Gasteiger partial charge in [0.15, 0.2) is 0 Å². The first-order chi connectivity index (χ1) is 3.71. The van der Waals surface area contributed by atoms with Crippen molar-refractivity contribution in [2.24, 2.45) is 0 Å². The molecule has 2 N–H and O–H groups in total. The van der Waals surface area contributed by atoms with E-state index in [0.29, 0.717) is 0 Å². The average Bonchev–Trinajstić information content (AvgIpc) is 1.14. The Morgan fingerprint density at radius 3 is 1.45 bits per heavy atom. The SMILES string of the molecule is O=P([O-])([O-])OP(=O)(O)O.[K+].[Li+]. The fourth-order valence-electron chi connectivity index (χ4n) is 0.130. The van der Waals surface area contributed by atoms with Crippen LogP contribution in [0.3, 0.4) is 0 Å². The topological polar surface area (TPSA) is 130 Å². The molecule has 0 unspecified atom stereocenters. The van der Waals surface area contributed by atoms with Crippen molar-refractivity contribution in [3.63, 3.8) is 0 Å². The van der Waals surface area contributed by atoms with E-state index >= 15 is 0 Å². The minimum Gasteiger partial charge on any atom is -0.789 e. The molecule has 0 spiro atoms. The fourth-order valence-corrected chi connectivity index (χ4v) is 1.17. The smallest absolute Gasteiger partial charge is 0.789 e. The molecule has 0 aromatic heterocycles. The zero-order valence-electron chi connectivity index (χ0n) is 5.83. The van der Waals surface area contributed by atoms with Crippen LogP contribution in [0.2, 0.25) is 0 Å². The third kappa shape index (κ3) is 19.1. The van der Waals surface area contributed by atoms with Gasteiger partial charge in [-0.2, -0.15) is 0 Å². The van der Waals surface area contributed by atoms with Crippen LogP contribution in [0.5, 0.6) is 0 Å². The monoisotopic (exact) mass is 222 g/mol. The van der Waals surface area contributed by atoms with E-state index in [1.54, 1.807) is 0 Å². The number of phosphoric acid groups is 2. The Bertz CT molecular complexity index is 157. The second-order valence-corrected chi connectivity index (χ2v) is 3.55. The third-order valence-corrected chi connectivity index (χ3v) is 1.86. The zero-order chi connectivity index (χ0) is 7.71. The molecule has 0 aromatic carbocycles. The first-order valence-corrected chi connectivity index (χ1v) is 4.49. The van der Waals surface area contributed by atoms with E-state index in [0.717, 1.165) is 0 Å². The summed E-state index contributed by atoms with van der Waals surface area (Å²) < 4.78 is 21.7. The Kier molecular flexibility index (Phi) is 12.0. The van der Waals surface area contributed by atoms with Gasteiger partial charge in [0.05, 0.1) is 7.82 Å². The molecule has 0 bridgehead atoms. The van der Waals surface area contributed by atoms with E-state index in [1.807, 2.05) is 0 Å². The molecule has 0 rings (SSSR count). The molecule has 0 aromatic rings. The van der Waals surface area contributed by atoms with Crippen molar-refractivity contribution < 1.29 is 103 Å². The number of hydrogen-bond donors (Lipinski definition) is 2. The maximum absolute atomic E-state index is 9.55. The van der Waals surface area contributed by atoms with Crippen LogP contribution in [0.25, 0.3) is 0 Å². The predicted octanol–water partition coefficient (Wildman–Crippen LogP) is -8.07. The molecular formula is H2KLiO7P2. The van der Waals surface area contributed by atoms with E-state index in [4.69, 9.17) is 9.79 Å². The van der Waals surface area contributed by atoms with Crippen molar-refractivity contribution in [1.29, 1.82) is 0 Å². The summed E-state index contributed by atoms with van der Waals surface area (Å²) in [5, 5.41) is 0. The summed E-state index contributed by atoms with van der Waals surface area (Å²) in [7, 11) is -10.7. The minimum absolute atomic E-state index is 0. The molecule has 11 heteroatoms. The second-order valence-electron chi connectivity index (χ2n) is 1.02. The van der Waals surface area contributed by atoms with Gasteiger partial charge in [-0.15, -0.1) is 0 Å². The van der Waals surface area contributed by atoms with Crippen molar-refractivity contribution in [3.05, 3.63) is 0 Å². The molecule has 7 nitrogen and oxygen atoms in total. The molecule has 0 heterocycles. The van der Waals surface area contributed by atoms with Crippen LogP contribution in [-0.4, -0.2) is 9.79 Å². The quantitative estimate of drug-likeness (QED) is 0.350. The summed E-state index contributed by atoms with van der Waals surface area (Å²) in [5.74, 6) is 0. The maximum Gasteiger partial charge on any atom is 1.00 e.